The standard InChI is InChI=1S/C33H34ClF2NO5SSi/c1-33(2,3)44(30-10-6-4-7-11-30,31-12-8-5-9-13-31)42-22-28(37-43(39,40)29-16-14-25(34)15-17-29)21-41-23-32(38)24-18-26(35)20-27(36)19-24/h4-20,28,37H,21-23H2,1-3H3. The van der Waals surface area contributed by atoms with Crippen LogP contribution in [0.4, 0.5) is 8.78 Å². The van der Waals surface area contributed by atoms with E-state index in [1.807, 2.05) is 60.7 Å². The van der Waals surface area contributed by atoms with Crippen molar-refractivity contribution in [1.29, 1.82) is 0 Å². The summed E-state index contributed by atoms with van der Waals surface area (Å²) in [7, 11) is -7.12. The van der Waals surface area contributed by atoms with Gasteiger partial charge in [0.2, 0.25) is 10.0 Å². The second-order valence-electron chi connectivity index (χ2n) is 11.3. The lowest BCUT2D eigenvalue weighted by Gasteiger charge is -2.43. The molecule has 1 atom stereocenters. The van der Waals surface area contributed by atoms with Crippen molar-refractivity contribution >= 4 is 46.1 Å². The molecule has 4 rings (SSSR count). The van der Waals surface area contributed by atoms with Crippen LogP contribution in [-0.4, -0.2) is 48.4 Å². The predicted octanol–water partition coefficient (Wildman–Crippen LogP) is 5.74. The van der Waals surface area contributed by atoms with Gasteiger partial charge < -0.3 is 9.16 Å². The van der Waals surface area contributed by atoms with Crippen molar-refractivity contribution < 1.29 is 31.2 Å². The number of hydrogen-bond acceptors (Lipinski definition) is 5. The summed E-state index contributed by atoms with van der Waals surface area (Å²) in [5, 5.41) is 2.00. The topological polar surface area (TPSA) is 81.7 Å². The van der Waals surface area contributed by atoms with Crippen molar-refractivity contribution in [3.05, 3.63) is 125 Å². The number of ketones is 1. The highest BCUT2D eigenvalue weighted by molar-refractivity contribution is 7.89. The number of sulfonamides is 1. The predicted molar refractivity (Wildman–Crippen MR) is 171 cm³/mol. The van der Waals surface area contributed by atoms with E-state index in [9.17, 15) is 22.0 Å². The van der Waals surface area contributed by atoms with Crippen LogP contribution in [0.15, 0.2) is 108 Å². The van der Waals surface area contributed by atoms with Gasteiger partial charge in [-0.05, 0) is 51.8 Å². The molecule has 11 heteroatoms. The average molecular weight is 658 g/mol. The first kappa shape index (κ1) is 33.6. The molecule has 232 valence electrons. The molecule has 0 radical (unpaired) electrons. The molecule has 0 fully saturated rings. The quantitative estimate of drug-likeness (QED) is 0.147. The van der Waals surface area contributed by atoms with Crippen LogP contribution in [0.2, 0.25) is 10.1 Å². The van der Waals surface area contributed by atoms with E-state index in [2.05, 4.69) is 25.5 Å². The average Bonchev–Trinajstić information content (AvgIpc) is 2.97. The molecule has 0 amide bonds. The van der Waals surface area contributed by atoms with Gasteiger partial charge in [-0.1, -0.05) is 93.0 Å². The fourth-order valence-corrected chi connectivity index (χ4v) is 11.0. The van der Waals surface area contributed by atoms with Gasteiger partial charge in [0.1, 0.15) is 18.2 Å². The number of halogens is 3. The fraction of sp³-hybridized carbons (Fsp3) is 0.242. The molecule has 44 heavy (non-hydrogen) atoms. The Balaban J connectivity index is 1.65. The van der Waals surface area contributed by atoms with Gasteiger partial charge in [0.15, 0.2) is 5.78 Å². The summed E-state index contributed by atoms with van der Waals surface area (Å²) >= 11 is 5.97. The summed E-state index contributed by atoms with van der Waals surface area (Å²) in [6.45, 7) is 5.41. The zero-order chi connectivity index (χ0) is 32.0. The van der Waals surface area contributed by atoms with Crippen LogP contribution in [0, 0.1) is 11.6 Å². The largest absolute Gasteiger partial charge is 0.406 e. The molecule has 0 aliphatic carbocycles. The van der Waals surface area contributed by atoms with Crippen molar-refractivity contribution in [2.75, 3.05) is 19.8 Å². The third kappa shape index (κ3) is 8.06. The first-order valence-electron chi connectivity index (χ1n) is 13.9. The van der Waals surface area contributed by atoms with Crippen molar-refractivity contribution in [2.45, 2.75) is 36.7 Å². The maximum absolute atomic E-state index is 13.7. The van der Waals surface area contributed by atoms with E-state index >= 15 is 0 Å². The molecule has 1 unspecified atom stereocenters. The van der Waals surface area contributed by atoms with Crippen molar-refractivity contribution in [1.82, 2.24) is 4.72 Å². The molecule has 1 N–H and O–H groups in total. The number of rotatable bonds is 13. The zero-order valence-electron chi connectivity index (χ0n) is 24.6. The van der Waals surface area contributed by atoms with E-state index in [4.69, 9.17) is 20.8 Å². The minimum Gasteiger partial charge on any atom is -0.406 e. The molecule has 0 aliphatic rings. The third-order valence-corrected chi connectivity index (χ3v) is 13.9. The van der Waals surface area contributed by atoms with E-state index in [0.717, 1.165) is 22.5 Å². The van der Waals surface area contributed by atoms with E-state index in [0.29, 0.717) is 11.1 Å². The number of hydrogen-bond donors (Lipinski definition) is 1. The summed E-state index contributed by atoms with van der Waals surface area (Å²) < 4.78 is 69.4. The van der Waals surface area contributed by atoms with Gasteiger partial charge >= 0.3 is 0 Å². The molecule has 0 bridgehead atoms. The molecule has 0 spiro atoms. The number of ether oxygens (including phenoxy) is 1. The Morgan fingerprint density at radius 2 is 1.36 bits per heavy atom. The molecule has 0 saturated carbocycles. The van der Waals surface area contributed by atoms with Gasteiger partial charge in [-0.25, -0.2) is 21.9 Å². The Bertz CT molecular complexity index is 1610. The Kier molecular flexibility index (Phi) is 10.9. The van der Waals surface area contributed by atoms with Crippen molar-refractivity contribution in [2.24, 2.45) is 0 Å². The van der Waals surface area contributed by atoms with Gasteiger partial charge in [0.25, 0.3) is 8.32 Å². The highest BCUT2D eigenvalue weighted by Gasteiger charge is 2.50. The molecule has 6 nitrogen and oxygen atoms in total. The second kappa shape index (κ2) is 14.2. The lowest BCUT2D eigenvalue weighted by Crippen LogP contribution is -2.67. The van der Waals surface area contributed by atoms with Crippen LogP contribution in [0.1, 0.15) is 31.1 Å². The third-order valence-electron chi connectivity index (χ3n) is 7.10. The highest BCUT2D eigenvalue weighted by Crippen LogP contribution is 2.36. The lowest BCUT2D eigenvalue weighted by molar-refractivity contribution is 0.0682. The van der Waals surface area contributed by atoms with Gasteiger partial charge in [-0.3, -0.25) is 4.79 Å². The number of benzene rings is 4. The molecular weight excluding hydrogens is 624 g/mol. The number of Topliss-reactive ketones (excluding diaryl/α,β-unsaturated/α-hetero) is 1. The molecule has 4 aromatic carbocycles. The van der Waals surface area contributed by atoms with Crippen LogP contribution in [0.3, 0.4) is 0 Å². The molecule has 0 aliphatic heterocycles. The van der Waals surface area contributed by atoms with Crippen LogP contribution in [-0.2, 0) is 19.2 Å². The van der Waals surface area contributed by atoms with E-state index < -0.39 is 48.4 Å². The smallest absolute Gasteiger partial charge is 0.261 e. The Hall–Kier alpha value is -3.25. The van der Waals surface area contributed by atoms with Crippen LogP contribution >= 0.6 is 11.6 Å². The van der Waals surface area contributed by atoms with Gasteiger partial charge in [-0.15, -0.1) is 0 Å². The lowest BCUT2D eigenvalue weighted by atomic mass is 10.1. The van der Waals surface area contributed by atoms with Crippen molar-refractivity contribution in [3.63, 3.8) is 0 Å². The fourth-order valence-electron chi connectivity index (χ4n) is 5.10. The zero-order valence-corrected chi connectivity index (χ0v) is 27.2. The SMILES string of the molecule is CC(C)(C)[Si](OCC(COCC(=O)c1cc(F)cc(F)c1)NS(=O)(=O)c1ccc(Cl)cc1)(c1ccccc1)c1ccccc1. The molecule has 4 aromatic rings. The Labute approximate surface area is 263 Å². The maximum atomic E-state index is 13.7. The highest BCUT2D eigenvalue weighted by atomic mass is 35.5. The number of carbonyl (C=O) groups excluding carboxylic acids is 1. The first-order chi connectivity index (χ1) is 20.8. The van der Waals surface area contributed by atoms with Crippen LogP contribution in [0.5, 0.6) is 0 Å². The van der Waals surface area contributed by atoms with E-state index in [1.54, 1.807) is 0 Å². The Morgan fingerprint density at radius 1 is 0.841 bits per heavy atom. The molecule has 0 heterocycles. The van der Waals surface area contributed by atoms with Crippen LogP contribution in [0.25, 0.3) is 0 Å². The summed E-state index contributed by atoms with van der Waals surface area (Å²) in [6.07, 6.45) is 0. The van der Waals surface area contributed by atoms with Gasteiger partial charge in [0.05, 0.1) is 24.2 Å². The van der Waals surface area contributed by atoms with E-state index in [-0.39, 0.29) is 28.7 Å². The summed E-state index contributed by atoms with van der Waals surface area (Å²) in [6, 6.07) is 27.0. The minimum atomic E-state index is -4.06. The van der Waals surface area contributed by atoms with E-state index in [1.165, 1.54) is 24.3 Å². The summed E-state index contributed by atoms with van der Waals surface area (Å²) in [5.41, 5.74) is -0.190. The summed E-state index contributed by atoms with van der Waals surface area (Å²) in [4.78, 5) is 12.6. The van der Waals surface area contributed by atoms with Gasteiger partial charge in [-0.2, -0.15) is 0 Å². The monoisotopic (exact) mass is 657 g/mol. The number of nitrogens with one attached hydrogen (secondary N) is 1. The molecular formula is C33H34ClF2NO5SSi. The Morgan fingerprint density at radius 3 is 1.86 bits per heavy atom. The first-order valence-corrected chi connectivity index (χ1v) is 17.7. The van der Waals surface area contributed by atoms with Gasteiger partial charge in [0, 0.05) is 16.7 Å². The second-order valence-corrected chi connectivity index (χ2v) is 17.8. The maximum Gasteiger partial charge on any atom is 0.261 e. The number of carbonyl (C=O) groups is 1. The van der Waals surface area contributed by atoms with Crippen LogP contribution < -0.4 is 15.1 Å². The summed E-state index contributed by atoms with van der Waals surface area (Å²) in [5.74, 6) is -2.43. The normalized spacial score (nSPS) is 13.0. The molecule has 0 saturated heterocycles. The molecule has 0 aromatic heterocycles. The minimum absolute atomic E-state index is 0.0105. The van der Waals surface area contributed by atoms with Crippen molar-refractivity contribution in [3.8, 4) is 0 Å².